The number of fused-ring (bicyclic) bond motifs is 15. The van der Waals surface area contributed by atoms with E-state index < -0.39 is 210 Å². The number of primary amides is 1. The molecule has 12 rings (SSSR count). The van der Waals surface area contributed by atoms with Crippen LogP contribution in [0.15, 0.2) is 78.9 Å². The van der Waals surface area contributed by atoms with Gasteiger partial charge >= 0.3 is 0 Å². The standard InChI is InChI=1S/C78H97Cl2N7O23/c1-8-9-10-11-12-13-14-15-22-83-78(6)34-61(104-38(5)71(78)99)109-70-68(98)67(97)59(35-88)108-77(70)110-69-57-27-41-28-58(69)107-56-21-18-44(32-49(56)80)105-76-75(103)84-63(37(4)89)47-30-43(90)31-52(92)62(47)46-24-39(16-19-51(46)91)45(73(101)87-76)33-54(94)64(41)85-72(100)42(29-60(81)95)26-53(93)65(86-74(102)50(82-7)23-36(2)3)66(96)40-17-20-55(106-57)48(79)25-40/h16-21,24-25,27-28,30-32,36,38,42,45,50,59,61,63-68,70-71,76-77,82-83,88,90-92,96-99H,8-15,22-23,26,29,33-35H2,1-7H3,(H2,81,95)(H,84,103)(H,85,100)(H,86,102)(H,87,101)/t38?,42-,45+,50+,59?,61?,63+,64+,65-,66+,67?,68?,70?,71?,76-,77?,78?/m0/s1. The summed E-state index contributed by atoms with van der Waals surface area (Å²) in [6, 6.07) is 8.48. The summed E-state index contributed by atoms with van der Waals surface area (Å²) in [7, 11) is 1.51. The van der Waals surface area contributed by atoms with Crippen molar-refractivity contribution in [2.24, 2.45) is 17.6 Å². The third kappa shape index (κ3) is 19.6. The summed E-state index contributed by atoms with van der Waals surface area (Å²) in [5.41, 5.74) is 3.39. The fourth-order valence-corrected chi connectivity index (χ4v) is 15.0. The number of nitrogens with one attached hydrogen (secondary N) is 6. The third-order valence-corrected chi connectivity index (χ3v) is 21.1. The molecule has 110 heavy (non-hydrogen) atoms. The van der Waals surface area contributed by atoms with Gasteiger partial charge in [-0.25, -0.2) is 0 Å². The van der Waals surface area contributed by atoms with E-state index in [1.165, 1.54) is 62.4 Å². The van der Waals surface area contributed by atoms with Gasteiger partial charge in [0.25, 0.3) is 12.1 Å². The minimum absolute atomic E-state index is 0.0508. The van der Waals surface area contributed by atoms with E-state index in [-0.39, 0.29) is 79.4 Å². The number of ketones is 3. The summed E-state index contributed by atoms with van der Waals surface area (Å²) in [6.45, 7) is 9.96. The number of hydrogen-bond donors (Lipinski definition) is 15. The molecular formula is C78H97Cl2N7O23. The van der Waals surface area contributed by atoms with E-state index in [1.807, 2.05) is 13.8 Å². The number of aliphatic hydroxyl groups is 5. The molecule has 7 aliphatic heterocycles. The van der Waals surface area contributed by atoms with Crippen LogP contribution in [0.4, 0.5) is 0 Å². The van der Waals surface area contributed by atoms with Crippen LogP contribution >= 0.6 is 23.2 Å². The Labute approximate surface area is 645 Å². The molecule has 2 saturated heterocycles. The number of carbonyl (C=O) groups excluding carboxylic acids is 8. The Hall–Kier alpha value is -8.76. The van der Waals surface area contributed by atoms with Crippen LogP contribution < -0.4 is 56.6 Å². The van der Waals surface area contributed by atoms with E-state index in [4.69, 9.17) is 62.1 Å². The minimum atomic E-state index is -2.16. The van der Waals surface area contributed by atoms with Crippen LogP contribution in [0.25, 0.3) is 11.1 Å². The molecule has 2 fully saturated rings. The molecule has 0 aromatic heterocycles. The first-order chi connectivity index (χ1) is 52.3. The van der Waals surface area contributed by atoms with Crippen molar-refractivity contribution in [3.05, 3.63) is 111 Å². The smallest absolute Gasteiger partial charge is 0.283 e. The molecule has 7 heterocycles. The number of rotatable bonds is 23. The van der Waals surface area contributed by atoms with Gasteiger partial charge in [0.1, 0.15) is 77.0 Å². The topological polar surface area (TPSA) is 461 Å². The van der Waals surface area contributed by atoms with Crippen molar-refractivity contribution < 1.29 is 112 Å². The highest BCUT2D eigenvalue weighted by atomic mass is 35.5. The molecule has 0 saturated carbocycles. The first kappa shape index (κ1) is 83.7. The summed E-state index contributed by atoms with van der Waals surface area (Å²) < 4.78 is 45.8. The van der Waals surface area contributed by atoms with Crippen LogP contribution in [0.5, 0.6) is 51.7 Å². The lowest BCUT2D eigenvalue weighted by molar-refractivity contribution is -0.334. The fourth-order valence-electron chi connectivity index (χ4n) is 14.5. The number of benzene rings is 5. The second kappa shape index (κ2) is 36.6. The molecule has 596 valence electrons. The summed E-state index contributed by atoms with van der Waals surface area (Å²) in [6.07, 6.45) is -10.9. The number of unbranched alkanes of at least 4 members (excludes halogenated alkanes) is 7. The number of hydrogen-bond acceptors (Lipinski definition) is 25. The summed E-state index contributed by atoms with van der Waals surface area (Å²) >= 11 is 14.3. The molecule has 5 aromatic carbocycles. The number of aromatic hydroxyl groups is 3. The van der Waals surface area contributed by atoms with Crippen molar-refractivity contribution in [2.75, 3.05) is 20.2 Å². The second-order valence-electron chi connectivity index (χ2n) is 29.4. The summed E-state index contributed by atoms with van der Waals surface area (Å²) in [5, 5.41) is 109. The lowest BCUT2D eigenvalue weighted by Gasteiger charge is -2.48. The van der Waals surface area contributed by atoms with Gasteiger partial charge in [0.15, 0.2) is 41.2 Å². The van der Waals surface area contributed by atoms with Gasteiger partial charge in [-0.3, -0.25) is 38.4 Å². The highest BCUT2D eigenvalue weighted by Gasteiger charge is 2.52. The minimum Gasteiger partial charge on any atom is -0.508 e. The Morgan fingerprint density at radius 3 is 2.04 bits per heavy atom. The zero-order valence-electron chi connectivity index (χ0n) is 62.0. The molecule has 32 heteroatoms. The molecule has 17 atom stereocenters. The predicted molar refractivity (Wildman–Crippen MR) is 397 cm³/mol. The van der Waals surface area contributed by atoms with Crippen LogP contribution in [0.1, 0.15) is 171 Å². The van der Waals surface area contributed by atoms with Gasteiger partial charge in [0, 0.05) is 54.5 Å². The molecule has 16 N–H and O–H groups in total. The van der Waals surface area contributed by atoms with Crippen molar-refractivity contribution in [1.29, 1.82) is 0 Å². The first-order valence-electron chi connectivity index (χ1n) is 36.9. The normalized spacial score (nSPS) is 27.4. The zero-order valence-corrected chi connectivity index (χ0v) is 63.5. The zero-order chi connectivity index (χ0) is 79.7. The number of carbonyl (C=O) groups is 8. The molecule has 0 spiro atoms. The number of amides is 5. The number of Topliss-reactive ketones (excluding diaryl/α,β-unsaturated/α-hetero) is 3. The SMILES string of the molecule is CCCCCCCCCCNC1(C)CC(OC2C(Oc3c4cc5cc3Oc3ccc(cc3Cl)[C@@H](O)[C@@H](NC(=O)[C@@H](CC(C)C)NC)C(=O)C[C@@H](CC(N)=O)C(=O)N[C@H]5C(=O)C[C@H]3C(=O)N[C@@H](Oc5ccc(c(Cl)c5)O4)C(=O)N[C@H](C(C)=O)c4cc(O)cc(O)c4-c4cc3ccc4O)OC(CO)C(O)C2O)OC(C)C1O. The number of aliphatic hydroxyl groups excluding tert-OH is 5. The van der Waals surface area contributed by atoms with E-state index in [2.05, 4.69) is 38.8 Å². The molecule has 5 amide bonds. The highest BCUT2D eigenvalue weighted by molar-refractivity contribution is 6.32. The van der Waals surface area contributed by atoms with Gasteiger partial charge in [-0.2, -0.15) is 0 Å². The molecule has 5 aromatic rings. The number of nitrogens with two attached hydrogens (primary N) is 1. The Balaban J connectivity index is 1.18. The molecule has 0 aliphatic carbocycles. The Kier molecular flexibility index (Phi) is 27.8. The Bertz CT molecular complexity index is 4230. The van der Waals surface area contributed by atoms with Crippen molar-refractivity contribution in [3.63, 3.8) is 0 Å². The number of phenols is 3. The number of halogens is 2. The molecule has 0 radical (unpaired) electrons. The van der Waals surface area contributed by atoms with Crippen molar-refractivity contribution >= 4 is 70.1 Å². The molecule has 30 nitrogen and oxygen atoms in total. The lowest BCUT2D eigenvalue weighted by Crippen LogP contribution is -2.65. The largest absolute Gasteiger partial charge is 0.508 e. The highest BCUT2D eigenvalue weighted by Crippen LogP contribution is 2.50. The maximum atomic E-state index is 16.3. The molecular weight excluding hydrogens is 1470 g/mol. The maximum Gasteiger partial charge on any atom is 0.283 e. The van der Waals surface area contributed by atoms with Crippen LogP contribution in [0.2, 0.25) is 10.0 Å². The predicted octanol–water partition coefficient (Wildman–Crippen LogP) is 6.66. The Morgan fingerprint density at radius 2 is 1.40 bits per heavy atom. The van der Waals surface area contributed by atoms with Crippen molar-refractivity contribution in [2.45, 2.75) is 222 Å². The van der Waals surface area contributed by atoms with Gasteiger partial charge in [-0.05, 0) is 130 Å². The van der Waals surface area contributed by atoms with Gasteiger partial charge in [-0.1, -0.05) is 101 Å². The lowest BCUT2D eigenvalue weighted by atomic mass is 9.84. The van der Waals surface area contributed by atoms with Gasteiger partial charge in [0.05, 0.1) is 46.7 Å². The van der Waals surface area contributed by atoms with E-state index in [9.17, 15) is 60.0 Å². The maximum absolute atomic E-state index is 16.3. The second-order valence-corrected chi connectivity index (χ2v) is 30.2. The fraction of sp³-hybridized carbons (Fsp3) is 0.513. The average Bonchev–Trinajstić information content (AvgIpc) is 0.775. The van der Waals surface area contributed by atoms with Crippen LogP contribution in [-0.2, 0) is 52.6 Å². The van der Waals surface area contributed by atoms with Gasteiger partial charge in [-0.15, -0.1) is 0 Å². The van der Waals surface area contributed by atoms with E-state index in [1.54, 1.807) is 13.8 Å². The van der Waals surface area contributed by atoms with Crippen LogP contribution in [-0.4, -0.2) is 181 Å². The monoisotopic (exact) mass is 1570 g/mol. The van der Waals surface area contributed by atoms with E-state index >= 15 is 19.2 Å². The Morgan fingerprint density at radius 1 is 0.736 bits per heavy atom. The van der Waals surface area contributed by atoms with Crippen LogP contribution in [0, 0.1) is 11.8 Å². The van der Waals surface area contributed by atoms with Gasteiger partial charge in [0.2, 0.25) is 35.7 Å². The van der Waals surface area contributed by atoms with Crippen LogP contribution in [0.3, 0.4) is 0 Å². The molecule has 7 aliphatic rings. The number of likely N-dealkylation sites (N-methyl/N-ethyl adjacent to an activating group) is 1. The first-order valence-corrected chi connectivity index (χ1v) is 37.7. The quantitative estimate of drug-likeness (QED) is 0.0304. The summed E-state index contributed by atoms with van der Waals surface area (Å²) in [4.78, 5) is 118. The summed E-state index contributed by atoms with van der Waals surface area (Å²) in [5.74, 6) is -16.4. The van der Waals surface area contributed by atoms with Crippen molar-refractivity contribution in [3.8, 4) is 62.9 Å². The number of ether oxygens (including phenoxy) is 7. The average molecular weight is 1570 g/mol. The molecule has 11 bridgehead atoms. The third-order valence-electron chi connectivity index (χ3n) is 20.5. The van der Waals surface area contributed by atoms with E-state index in [0.29, 0.717) is 6.54 Å². The van der Waals surface area contributed by atoms with E-state index in [0.717, 1.165) is 81.8 Å². The molecule has 9 unspecified atom stereocenters. The number of phenolic OH excluding ortho intramolecular Hbond substituents is 3. The van der Waals surface area contributed by atoms with Crippen molar-refractivity contribution in [1.82, 2.24) is 31.9 Å². The van der Waals surface area contributed by atoms with Gasteiger partial charge < -0.3 is 112 Å².